The van der Waals surface area contributed by atoms with Crippen LogP contribution in [-0.2, 0) is 11.3 Å². The fourth-order valence-electron chi connectivity index (χ4n) is 3.45. The van der Waals surface area contributed by atoms with Crippen LogP contribution in [0.15, 0.2) is 18.2 Å². The van der Waals surface area contributed by atoms with Crippen molar-refractivity contribution in [1.82, 2.24) is 10.2 Å². The second-order valence-corrected chi connectivity index (χ2v) is 7.40. The van der Waals surface area contributed by atoms with Crippen molar-refractivity contribution in [2.75, 3.05) is 13.1 Å². The van der Waals surface area contributed by atoms with Gasteiger partial charge in [0.15, 0.2) is 0 Å². The molecule has 0 radical (unpaired) electrons. The van der Waals surface area contributed by atoms with Gasteiger partial charge in [-0.1, -0.05) is 23.8 Å². The topological polar surface area (TPSA) is 52.6 Å². The van der Waals surface area contributed by atoms with Crippen LogP contribution in [0, 0.1) is 19.8 Å². The van der Waals surface area contributed by atoms with Crippen LogP contribution in [0.5, 0.6) is 0 Å². The molecule has 2 N–H and O–H groups in total. The zero-order valence-corrected chi connectivity index (χ0v) is 14.2. The number of nitrogens with one attached hydrogen (secondary N) is 1. The smallest absolute Gasteiger partial charge is 0.317 e. The molecule has 0 spiro atoms. The van der Waals surface area contributed by atoms with E-state index in [1.165, 1.54) is 29.5 Å². The summed E-state index contributed by atoms with van der Waals surface area (Å²) in [6, 6.07) is 7.56. The number of carbonyl (C=O) groups is 1. The number of rotatable bonds is 8. The Morgan fingerprint density at radius 2 is 2.04 bits per heavy atom. The quantitative estimate of drug-likeness (QED) is 0.774. The second-order valence-electron chi connectivity index (χ2n) is 7.40. The third kappa shape index (κ3) is 4.55. The van der Waals surface area contributed by atoms with Gasteiger partial charge < -0.3 is 10.4 Å². The van der Waals surface area contributed by atoms with Crippen molar-refractivity contribution in [3.63, 3.8) is 0 Å². The molecule has 23 heavy (non-hydrogen) atoms. The highest BCUT2D eigenvalue weighted by Crippen LogP contribution is 2.33. The maximum atomic E-state index is 11.1. The molecule has 2 aliphatic carbocycles. The molecule has 2 saturated carbocycles. The van der Waals surface area contributed by atoms with E-state index in [2.05, 4.69) is 42.3 Å². The van der Waals surface area contributed by atoms with Gasteiger partial charge in [-0.25, -0.2) is 0 Å². The van der Waals surface area contributed by atoms with Gasteiger partial charge in [-0.05, 0) is 56.6 Å². The number of hydrogen-bond donors (Lipinski definition) is 2. The van der Waals surface area contributed by atoms with E-state index in [1.807, 2.05) is 0 Å². The van der Waals surface area contributed by atoms with Crippen LogP contribution >= 0.6 is 0 Å². The summed E-state index contributed by atoms with van der Waals surface area (Å²) in [6.07, 6.45) is 4.70. The number of benzene rings is 1. The summed E-state index contributed by atoms with van der Waals surface area (Å²) in [6.45, 7) is 6.37. The fourth-order valence-corrected chi connectivity index (χ4v) is 3.45. The molecule has 1 aromatic rings. The van der Waals surface area contributed by atoms with Gasteiger partial charge in [0.05, 0.1) is 6.54 Å². The van der Waals surface area contributed by atoms with Crippen LogP contribution in [0.1, 0.15) is 42.4 Å². The first-order valence-electron chi connectivity index (χ1n) is 8.76. The minimum atomic E-state index is -0.697. The van der Waals surface area contributed by atoms with Gasteiger partial charge in [-0.2, -0.15) is 0 Å². The molecule has 2 aliphatic rings. The zero-order valence-electron chi connectivity index (χ0n) is 14.2. The molecule has 3 rings (SSSR count). The summed E-state index contributed by atoms with van der Waals surface area (Å²) >= 11 is 0. The summed E-state index contributed by atoms with van der Waals surface area (Å²) in [4.78, 5) is 13.3. The van der Waals surface area contributed by atoms with Crippen LogP contribution in [0.25, 0.3) is 0 Å². The molecule has 0 bridgehead atoms. The van der Waals surface area contributed by atoms with Crippen molar-refractivity contribution in [2.45, 2.75) is 58.2 Å². The first kappa shape index (κ1) is 16.5. The molecule has 0 aliphatic heterocycles. The number of carboxylic acids is 1. The van der Waals surface area contributed by atoms with E-state index in [4.69, 9.17) is 5.11 Å². The fraction of sp³-hybridized carbons (Fsp3) is 0.632. The lowest BCUT2D eigenvalue weighted by atomic mass is 9.85. The Balaban J connectivity index is 1.45. The van der Waals surface area contributed by atoms with Crippen LogP contribution in [0.4, 0.5) is 0 Å². The minimum Gasteiger partial charge on any atom is -0.480 e. The van der Waals surface area contributed by atoms with Crippen molar-refractivity contribution in [2.24, 2.45) is 5.92 Å². The summed E-state index contributed by atoms with van der Waals surface area (Å²) < 4.78 is 0. The molecule has 0 saturated heterocycles. The Morgan fingerprint density at radius 3 is 2.70 bits per heavy atom. The Labute approximate surface area is 138 Å². The van der Waals surface area contributed by atoms with Gasteiger partial charge in [-0.3, -0.25) is 9.69 Å². The molecule has 4 heteroatoms. The van der Waals surface area contributed by atoms with E-state index < -0.39 is 5.97 Å². The lowest BCUT2D eigenvalue weighted by Crippen LogP contribution is -2.54. The lowest BCUT2D eigenvalue weighted by Gasteiger charge is -2.43. The van der Waals surface area contributed by atoms with Crippen molar-refractivity contribution in [3.8, 4) is 0 Å². The van der Waals surface area contributed by atoms with Crippen LogP contribution in [0.2, 0.25) is 0 Å². The number of nitrogens with zero attached hydrogens (tertiary/aromatic N) is 1. The molecular weight excluding hydrogens is 288 g/mol. The van der Waals surface area contributed by atoms with Crippen LogP contribution in [-0.4, -0.2) is 41.1 Å². The first-order chi connectivity index (χ1) is 11.0. The zero-order chi connectivity index (χ0) is 16.4. The summed E-state index contributed by atoms with van der Waals surface area (Å²) in [5, 5.41) is 12.7. The summed E-state index contributed by atoms with van der Waals surface area (Å²) in [5.41, 5.74) is 4.00. The Kier molecular flexibility index (Phi) is 5.02. The van der Waals surface area contributed by atoms with E-state index in [0.29, 0.717) is 12.1 Å². The minimum absolute atomic E-state index is 0.199. The van der Waals surface area contributed by atoms with E-state index in [-0.39, 0.29) is 6.54 Å². The van der Waals surface area contributed by atoms with Crippen LogP contribution < -0.4 is 5.32 Å². The van der Waals surface area contributed by atoms with Gasteiger partial charge in [-0.15, -0.1) is 0 Å². The van der Waals surface area contributed by atoms with Gasteiger partial charge >= 0.3 is 5.97 Å². The lowest BCUT2D eigenvalue weighted by molar-refractivity contribution is -0.139. The second kappa shape index (κ2) is 7.02. The first-order valence-corrected chi connectivity index (χ1v) is 8.76. The normalized spacial score (nSPS) is 23.8. The highest BCUT2D eigenvalue weighted by molar-refractivity contribution is 5.69. The van der Waals surface area contributed by atoms with E-state index in [0.717, 1.165) is 31.8 Å². The van der Waals surface area contributed by atoms with E-state index in [1.54, 1.807) is 0 Å². The largest absolute Gasteiger partial charge is 0.480 e. The highest BCUT2D eigenvalue weighted by Gasteiger charge is 2.36. The maximum absolute atomic E-state index is 11.1. The predicted octanol–water partition coefficient (Wildman–Crippen LogP) is 2.72. The van der Waals surface area contributed by atoms with Gasteiger partial charge in [0.2, 0.25) is 0 Å². The third-order valence-electron chi connectivity index (χ3n) is 5.24. The number of hydrogen-bond acceptors (Lipinski definition) is 3. The van der Waals surface area contributed by atoms with Gasteiger partial charge in [0, 0.05) is 25.2 Å². The van der Waals surface area contributed by atoms with Crippen LogP contribution in [0.3, 0.4) is 0 Å². The summed E-state index contributed by atoms with van der Waals surface area (Å²) in [7, 11) is 0. The Bertz CT molecular complexity index is 562. The molecule has 1 aromatic carbocycles. The Morgan fingerprint density at radius 1 is 1.30 bits per heavy atom. The number of aryl methyl sites for hydroxylation is 2. The molecule has 2 fully saturated rings. The average molecular weight is 316 g/mol. The molecule has 4 nitrogen and oxygen atoms in total. The predicted molar refractivity (Wildman–Crippen MR) is 91.5 cm³/mol. The average Bonchev–Trinajstić information content (AvgIpc) is 3.24. The van der Waals surface area contributed by atoms with Gasteiger partial charge in [0.25, 0.3) is 0 Å². The van der Waals surface area contributed by atoms with Crippen molar-refractivity contribution in [3.05, 3.63) is 34.9 Å². The van der Waals surface area contributed by atoms with Gasteiger partial charge in [0.1, 0.15) is 0 Å². The molecule has 0 amide bonds. The highest BCUT2D eigenvalue weighted by atomic mass is 16.4. The number of aliphatic carboxylic acids is 1. The molecule has 0 atom stereocenters. The molecule has 0 aromatic heterocycles. The Hall–Kier alpha value is -1.39. The van der Waals surface area contributed by atoms with Crippen molar-refractivity contribution >= 4 is 5.97 Å². The van der Waals surface area contributed by atoms with E-state index >= 15 is 0 Å². The SMILES string of the molecule is Cc1ccc(C)c(CNC2CC(N(CC(=O)O)CC3CC3)C2)c1. The van der Waals surface area contributed by atoms with Crippen molar-refractivity contribution < 1.29 is 9.90 Å². The molecular formula is C19H28N2O2. The maximum Gasteiger partial charge on any atom is 0.317 e. The van der Waals surface area contributed by atoms with Crippen molar-refractivity contribution in [1.29, 1.82) is 0 Å². The number of carboxylic acid groups (broad SMARTS) is 1. The monoisotopic (exact) mass is 316 g/mol. The third-order valence-corrected chi connectivity index (χ3v) is 5.24. The molecule has 0 unspecified atom stereocenters. The molecule has 0 heterocycles. The summed E-state index contributed by atoms with van der Waals surface area (Å²) in [5.74, 6) is 0.0498. The standard InChI is InChI=1S/C19H28N2O2/c1-13-3-4-14(2)16(7-13)10-20-17-8-18(9-17)21(12-19(22)23)11-15-5-6-15/h3-4,7,15,17-18,20H,5-6,8-12H2,1-2H3,(H,22,23). The van der Waals surface area contributed by atoms with E-state index in [9.17, 15) is 4.79 Å². The molecule has 126 valence electrons.